The number of methoxy groups -OCH3 is 1. The molecule has 26 heavy (non-hydrogen) atoms. The van der Waals surface area contributed by atoms with Gasteiger partial charge in [0.05, 0.1) is 18.8 Å². The second-order valence-corrected chi connectivity index (χ2v) is 6.04. The average molecular weight is 344 g/mol. The third-order valence-electron chi connectivity index (χ3n) is 4.46. The lowest BCUT2D eigenvalue weighted by Gasteiger charge is -2.45. The summed E-state index contributed by atoms with van der Waals surface area (Å²) in [6.07, 6.45) is 8.83. The number of amidine groups is 1. The molecule has 0 spiro atoms. The molecule has 1 atom stereocenters. The fraction of sp³-hybridized carbons (Fsp3) is 0.174. The molecule has 0 saturated carbocycles. The number of hydrogen-bond donors (Lipinski definition) is 0. The summed E-state index contributed by atoms with van der Waals surface area (Å²) >= 11 is 0. The molecule has 0 amide bonds. The Labute approximate surface area is 155 Å². The van der Waals surface area contributed by atoms with Gasteiger partial charge in [0.25, 0.3) is 0 Å². The Morgan fingerprint density at radius 3 is 2.50 bits per heavy atom. The van der Waals surface area contributed by atoms with Crippen LogP contribution in [0.5, 0.6) is 5.75 Å². The first-order valence-corrected chi connectivity index (χ1v) is 8.78. The van der Waals surface area contributed by atoms with Crippen LogP contribution < -0.4 is 4.74 Å². The van der Waals surface area contributed by atoms with Crippen LogP contribution in [0.2, 0.25) is 0 Å². The standard InChI is InChI=1S/C23H24N2O/c1-4-6-12-20(5-2)25-22(18-13-15-21(26-3)16-14-18)17-23(25)24-19-10-8-7-9-11-19/h4-16,22H,1,17H2,2-3H3/b12-6-,20-5+,24-23?/t22-/m0/s1. The lowest BCUT2D eigenvalue weighted by atomic mass is 9.92. The number of para-hydroxylation sites is 1. The maximum atomic E-state index is 5.28. The van der Waals surface area contributed by atoms with Crippen molar-refractivity contribution in [1.29, 1.82) is 0 Å². The van der Waals surface area contributed by atoms with Crippen molar-refractivity contribution < 1.29 is 4.74 Å². The van der Waals surface area contributed by atoms with Gasteiger partial charge in [0.15, 0.2) is 0 Å². The zero-order chi connectivity index (χ0) is 18.4. The van der Waals surface area contributed by atoms with Gasteiger partial charge in [0, 0.05) is 12.1 Å². The number of rotatable bonds is 6. The van der Waals surface area contributed by atoms with Crippen molar-refractivity contribution in [2.75, 3.05) is 7.11 Å². The maximum Gasteiger partial charge on any atom is 0.118 e. The molecule has 1 heterocycles. The minimum atomic E-state index is 0.268. The van der Waals surface area contributed by atoms with Gasteiger partial charge in [-0.25, -0.2) is 4.99 Å². The fourth-order valence-electron chi connectivity index (χ4n) is 3.09. The number of likely N-dealkylation sites (tertiary alicyclic amines) is 1. The lowest BCUT2D eigenvalue weighted by Crippen LogP contribution is -2.45. The fourth-order valence-corrected chi connectivity index (χ4v) is 3.09. The van der Waals surface area contributed by atoms with E-state index >= 15 is 0 Å². The summed E-state index contributed by atoms with van der Waals surface area (Å²) in [5.74, 6) is 1.94. The predicted octanol–water partition coefficient (Wildman–Crippen LogP) is 5.82. The van der Waals surface area contributed by atoms with Crippen molar-refractivity contribution in [2.45, 2.75) is 19.4 Å². The van der Waals surface area contributed by atoms with E-state index in [1.165, 1.54) is 5.56 Å². The molecule has 132 valence electrons. The van der Waals surface area contributed by atoms with E-state index in [0.717, 1.165) is 29.4 Å². The molecule has 3 rings (SSSR count). The van der Waals surface area contributed by atoms with Crippen LogP contribution in [0.4, 0.5) is 5.69 Å². The summed E-state index contributed by atoms with van der Waals surface area (Å²) in [6, 6.07) is 18.6. The molecule has 1 aliphatic rings. The van der Waals surface area contributed by atoms with Crippen LogP contribution in [0.15, 0.2) is 96.2 Å². The largest absolute Gasteiger partial charge is 0.497 e. The number of ether oxygens (including phenoxy) is 1. The minimum Gasteiger partial charge on any atom is -0.497 e. The van der Waals surface area contributed by atoms with E-state index < -0.39 is 0 Å². The summed E-state index contributed by atoms with van der Waals surface area (Å²) in [4.78, 5) is 7.14. The van der Waals surface area contributed by atoms with Gasteiger partial charge in [-0.15, -0.1) is 0 Å². The van der Waals surface area contributed by atoms with Crippen molar-refractivity contribution in [3.8, 4) is 5.75 Å². The lowest BCUT2D eigenvalue weighted by molar-refractivity contribution is 0.317. The van der Waals surface area contributed by atoms with Crippen molar-refractivity contribution in [2.24, 2.45) is 4.99 Å². The van der Waals surface area contributed by atoms with E-state index in [2.05, 4.69) is 35.8 Å². The van der Waals surface area contributed by atoms with Crippen LogP contribution in [0.25, 0.3) is 0 Å². The first kappa shape index (κ1) is 17.7. The number of allylic oxidation sites excluding steroid dienone is 4. The zero-order valence-corrected chi connectivity index (χ0v) is 15.3. The normalized spacial score (nSPS) is 18.8. The summed E-state index contributed by atoms with van der Waals surface area (Å²) in [7, 11) is 1.69. The highest BCUT2D eigenvalue weighted by Crippen LogP contribution is 2.40. The summed E-state index contributed by atoms with van der Waals surface area (Å²) < 4.78 is 5.28. The Kier molecular flexibility index (Phi) is 5.69. The Morgan fingerprint density at radius 2 is 1.88 bits per heavy atom. The molecule has 1 saturated heterocycles. The smallest absolute Gasteiger partial charge is 0.118 e. The number of benzene rings is 2. The van der Waals surface area contributed by atoms with E-state index in [1.54, 1.807) is 13.2 Å². The predicted molar refractivity (Wildman–Crippen MR) is 109 cm³/mol. The van der Waals surface area contributed by atoms with Gasteiger partial charge >= 0.3 is 0 Å². The van der Waals surface area contributed by atoms with Gasteiger partial charge in [0.1, 0.15) is 11.6 Å². The van der Waals surface area contributed by atoms with Crippen LogP contribution >= 0.6 is 0 Å². The SMILES string of the molecule is C=C/C=C\C(=C/C)N1C(=Nc2ccccc2)C[C@H]1c1ccc(OC)cc1. The second kappa shape index (κ2) is 8.34. The van der Waals surface area contributed by atoms with Gasteiger partial charge in [0.2, 0.25) is 0 Å². The van der Waals surface area contributed by atoms with Gasteiger partial charge in [-0.2, -0.15) is 0 Å². The molecule has 3 heteroatoms. The highest BCUT2D eigenvalue weighted by molar-refractivity contribution is 5.93. The van der Waals surface area contributed by atoms with Crippen molar-refractivity contribution in [3.05, 3.63) is 96.7 Å². The Hall–Kier alpha value is -3.07. The molecule has 0 aromatic heterocycles. The summed E-state index contributed by atoms with van der Waals surface area (Å²) in [6.45, 7) is 5.82. The highest BCUT2D eigenvalue weighted by atomic mass is 16.5. The Bertz CT molecular complexity index is 832. The molecule has 2 aromatic carbocycles. The average Bonchev–Trinajstić information content (AvgIpc) is 2.69. The molecular weight excluding hydrogens is 320 g/mol. The molecule has 0 N–H and O–H groups in total. The third-order valence-corrected chi connectivity index (χ3v) is 4.46. The van der Waals surface area contributed by atoms with E-state index in [1.807, 2.05) is 55.5 Å². The maximum absolute atomic E-state index is 5.28. The molecule has 3 nitrogen and oxygen atoms in total. The van der Waals surface area contributed by atoms with Crippen LogP contribution in [0, 0.1) is 0 Å². The van der Waals surface area contributed by atoms with Crippen molar-refractivity contribution in [3.63, 3.8) is 0 Å². The van der Waals surface area contributed by atoms with Crippen LogP contribution in [0.1, 0.15) is 24.9 Å². The van der Waals surface area contributed by atoms with Crippen LogP contribution in [-0.4, -0.2) is 17.8 Å². The molecule has 1 fully saturated rings. The summed E-state index contributed by atoms with van der Waals surface area (Å²) in [5, 5.41) is 0. The topological polar surface area (TPSA) is 24.8 Å². The summed E-state index contributed by atoms with van der Waals surface area (Å²) in [5.41, 5.74) is 3.35. The van der Waals surface area contributed by atoms with Gasteiger partial charge in [-0.1, -0.05) is 55.1 Å². The molecule has 0 bridgehead atoms. The van der Waals surface area contributed by atoms with Gasteiger partial charge in [-0.05, 0) is 42.8 Å². The molecular formula is C23H24N2O. The van der Waals surface area contributed by atoms with E-state index in [4.69, 9.17) is 9.73 Å². The first-order chi connectivity index (χ1) is 12.8. The molecule has 0 aliphatic carbocycles. The molecule has 0 radical (unpaired) electrons. The van der Waals surface area contributed by atoms with Crippen molar-refractivity contribution >= 4 is 11.5 Å². The van der Waals surface area contributed by atoms with Gasteiger partial charge < -0.3 is 9.64 Å². The monoisotopic (exact) mass is 344 g/mol. The molecule has 1 aliphatic heterocycles. The highest BCUT2D eigenvalue weighted by Gasteiger charge is 2.36. The second-order valence-electron chi connectivity index (χ2n) is 6.04. The molecule has 2 aromatic rings. The van der Waals surface area contributed by atoms with Crippen LogP contribution in [0.3, 0.4) is 0 Å². The third kappa shape index (κ3) is 3.77. The van der Waals surface area contributed by atoms with Gasteiger partial charge in [-0.3, -0.25) is 0 Å². The molecule has 0 unspecified atom stereocenters. The zero-order valence-electron chi connectivity index (χ0n) is 15.3. The van der Waals surface area contributed by atoms with E-state index in [-0.39, 0.29) is 6.04 Å². The first-order valence-electron chi connectivity index (χ1n) is 8.78. The van der Waals surface area contributed by atoms with Crippen LogP contribution in [-0.2, 0) is 0 Å². The number of hydrogen-bond acceptors (Lipinski definition) is 2. The minimum absolute atomic E-state index is 0.268. The Balaban J connectivity index is 1.93. The Morgan fingerprint density at radius 1 is 1.15 bits per heavy atom. The van der Waals surface area contributed by atoms with E-state index in [0.29, 0.717) is 0 Å². The quantitative estimate of drug-likeness (QED) is 0.617. The number of aliphatic imine (C=N–C) groups is 1. The number of nitrogens with zero attached hydrogens (tertiary/aromatic N) is 2. The van der Waals surface area contributed by atoms with E-state index in [9.17, 15) is 0 Å². The van der Waals surface area contributed by atoms with Crippen molar-refractivity contribution in [1.82, 2.24) is 4.90 Å².